The molecule has 0 spiro atoms. The largest absolute Gasteiger partial charge is 0.495 e. The summed E-state index contributed by atoms with van der Waals surface area (Å²) in [5, 5.41) is 8.14. The van der Waals surface area contributed by atoms with Gasteiger partial charge in [-0.25, -0.2) is 0 Å². The molecular weight excluding hydrogens is 430 g/mol. The molecule has 0 aliphatic carbocycles. The van der Waals surface area contributed by atoms with Crippen LogP contribution in [0.3, 0.4) is 0 Å². The monoisotopic (exact) mass is 461 g/mol. The van der Waals surface area contributed by atoms with Crippen LogP contribution >= 0.6 is 0 Å². The number of carbonyl (C=O) groups excluding carboxylic acids is 1. The third-order valence-corrected chi connectivity index (χ3v) is 4.44. The average Bonchev–Trinajstić information content (AvgIpc) is 2.80. The zero-order chi connectivity index (χ0) is 25.0. The molecule has 0 aliphatic heterocycles. The Morgan fingerprint density at radius 3 is 1.88 bits per heavy atom. The maximum absolute atomic E-state index is 10.2. The van der Waals surface area contributed by atoms with Gasteiger partial charge in [-0.3, -0.25) is 9.59 Å². The van der Waals surface area contributed by atoms with Crippen LogP contribution in [-0.4, -0.2) is 51.5 Å². The normalized spacial score (nSPS) is 11.2. The van der Waals surface area contributed by atoms with Crippen LogP contribution in [0, 0.1) is 0 Å². The number of carboxylic acid groups (broad SMARTS) is 1. The maximum Gasteiger partial charge on any atom is 0.303 e. The van der Waals surface area contributed by atoms with Gasteiger partial charge in [-0.05, 0) is 41.8 Å². The maximum atomic E-state index is 10.2. The summed E-state index contributed by atoms with van der Waals surface area (Å²) < 4.78 is 21.2. The summed E-state index contributed by atoms with van der Waals surface area (Å²) in [5.41, 5.74) is 18.3. The smallest absolute Gasteiger partial charge is 0.303 e. The number of rotatable bonds is 10. The second kappa shape index (κ2) is 13.5. The van der Waals surface area contributed by atoms with E-state index >= 15 is 0 Å². The van der Waals surface area contributed by atoms with Crippen LogP contribution in [0.2, 0.25) is 0 Å². The average molecular weight is 462 g/mol. The van der Waals surface area contributed by atoms with Crippen molar-refractivity contribution in [1.82, 2.24) is 0 Å². The van der Waals surface area contributed by atoms with Crippen molar-refractivity contribution < 1.29 is 33.6 Å². The molecule has 2 rings (SSSR count). The van der Waals surface area contributed by atoms with Gasteiger partial charge >= 0.3 is 5.97 Å². The molecule has 10 nitrogen and oxygen atoms in total. The second-order valence-electron chi connectivity index (χ2n) is 6.73. The Labute approximate surface area is 192 Å². The Hall–Kier alpha value is -3.92. The Balaban J connectivity index is 0.000000461. The Bertz CT molecular complexity index is 952. The lowest BCUT2D eigenvalue weighted by Crippen LogP contribution is -2.36. The van der Waals surface area contributed by atoms with Gasteiger partial charge in [-0.1, -0.05) is 18.2 Å². The van der Waals surface area contributed by atoms with E-state index in [0.717, 1.165) is 11.1 Å². The molecule has 7 N–H and O–H groups in total. The van der Waals surface area contributed by atoms with Crippen molar-refractivity contribution in [2.24, 2.45) is 11.5 Å². The first-order valence-corrected chi connectivity index (χ1v) is 9.85. The number of nitrogen functional groups attached to an aromatic ring is 1. The number of ether oxygens (including phenoxy) is 4. The number of methoxy groups -OCH3 is 4. The van der Waals surface area contributed by atoms with E-state index in [1.165, 1.54) is 0 Å². The summed E-state index contributed by atoms with van der Waals surface area (Å²) in [6.45, 7) is 0. The highest BCUT2D eigenvalue weighted by Crippen LogP contribution is 2.38. The number of aliphatic carboxylic acids is 1. The van der Waals surface area contributed by atoms with Crippen molar-refractivity contribution in [3.05, 3.63) is 41.5 Å². The van der Waals surface area contributed by atoms with Gasteiger partial charge in [0.05, 0.1) is 40.2 Å². The van der Waals surface area contributed by atoms with Crippen molar-refractivity contribution >= 4 is 29.7 Å². The van der Waals surface area contributed by atoms with E-state index in [-0.39, 0.29) is 12.8 Å². The van der Waals surface area contributed by atoms with Gasteiger partial charge in [0.25, 0.3) is 0 Å². The minimum atomic E-state index is -0.975. The van der Waals surface area contributed by atoms with Gasteiger partial charge in [0.1, 0.15) is 5.75 Å². The van der Waals surface area contributed by atoms with Gasteiger partial charge in [-0.2, -0.15) is 0 Å². The minimum Gasteiger partial charge on any atom is -0.495 e. The molecular formula is C23H31N3O7. The molecule has 0 aromatic heterocycles. The number of nitrogens with two attached hydrogens (primary N) is 3. The fourth-order valence-electron chi connectivity index (χ4n) is 2.67. The molecule has 0 saturated heterocycles. The molecule has 33 heavy (non-hydrogen) atoms. The van der Waals surface area contributed by atoms with Crippen molar-refractivity contribution in [1.29, 1.82) is 0 Å². The molecule has 0 aliphatic rings. The molecule has 2 aromatic rings. The highest BCUT2D eigenvalue weighted by molar-refractivity contribution is 5.80. The lowest BCUT2D eigenvalue weighted by Gasteiger charge is -2.12. The standard InChI is InChI=1S/C18H21NO4.C5H10N2O3/c1-20-15-8-7-12(9-14(15)19)5-6-13-10-16(21-2)18(23-4)17(11-13)22-3;6-3(5(7)10)1-2-4(8)9/h5-11H,19H2,1-4H3;3H,1-2,6H2,(H2,7,10)(H,8,9)/b6-5-;/t;3-/m.1/s1. The molecule has 0 unspecified atom stereocenters. The van der Waals surface area contributed by atoms with Crippen LogP contribution in [-0.2, 0) is 9.59 Å². The molecule has 10 heteroatoms. The van der Waals surface area contributed by atoms with E-state index in [0.29, 0.717) is 28.7 Å². The molecule has 0 saturated carbocycles. The van der Waals surface area contributed by atoms with Gasteiger partial charge < -0.3 is 41.3 Å². The third-order valence-electron chi connectivity index (χ3n) is 4.44. The van der Waals surface area contributed by atoms with Gasteiger partial charge in [0.15, 0.2) is 11.5 Å². The van der Waals surface area contributed by atoms with Crippen LogP contribution < -0.4 is 36.1 Å². The number of primary amides is 1. The van der Waals surface area contributed by atoms with Crippen LogP contribution in [0.5, 0.6) is 23.0 Å². The van der Waals surface area contributed by atoms with E-state index in [9.17, 15) is 9.59 Å². The van der Waals surface area contributed by atoms with E-state index < -0.39 is 17.9 Å². The van der Waals surface area contributed by atoms with E-state index in [4.69, 9.17) is 41.3 Å². The fraction of sp³-hybridized carbons (Fsp3) is 0.304. The fourth-order valence-corrected chi connectivity index (χ4v) is 2.67. The molecule has 0 heterocycles. The predicted octanol–water partition coefficient (Wildman–Crippen LogP) is 2.14. The molecule has 0 bridgehead atoms. The number of anilines is 1. The summed E-state index contributed by atoms with van der Waals surface area (Å²) >= 11 is 0. The number of amides is 1. The van der Waals surface area contributed by atoms with Crippen molar-refractivity contribution in [3.8, 4) is 23.0 Å². The topological polar surface area (TPSA) is 169 Å². The van der Waals surface area contributed by atoms with Gasteiger partial charge in [0.2, 0.25) is 11.7 Å². The van der Waals surface area contributed by atoms with Crippen LogP contribution in [0.15, 0.2) is 30.3 Å². The van der Waals surface area contributed by atoms with Crippen LogP contribution in [0.4, 0.5) is 5.69 Å². The van der Waals surface area contributed by atoms with Crippen molar-refractivity contribution in [3.63, 3.8) is 0 Å². The first-order valence-electron chi connectivity index (χ1n) is 9.85. The Morgan fingerprint density at radius 2 is 1.45 bits per heavy atom. The molecule has 1 atom stereocenters. The highest BCUT2D eigenvalue weighted by atomic mass is 16.5. The number of hydrogen-bond donors (Lipinski definition) is 4. The Kier molecular flexibility index (Phi) is 11.1. The quantitative estimate of drug-likeness (QED) is 0.306. The van der Waals surface area contributed by atoms with Crippen molar-refractivity contribution in [2.45, 2.75) is 18.9 Å². The number of benzene rings is 2. The first kappa shape index (κ1) is 27.1. The second-order valence-corrected chi connectivity index (χ2v) is 6.73. The Morgan fingerprint density at radius 1 is 0.909 bits per heavy atom. The molecule has 0 fully saturated rings. The number of carbonyl (C=O) groups is 2. The number of carboxylic acids is 1. The summed E-state index contributed by atoms with van der Waals surface area (Å²) in [4.78, 5) is 20.1. The van der Waals surface area contributed by atoms with Gasteiger partial charge in [0, 0.05) is 6.42 Å². The molecule has 0 radical (unpaired) electrons. The summed E-state index contributed by atoms with van der Waals surface area (Å²) in [6, 6.07) is 8.55. The van der Waals surface area contributed by atoms with Crippen LogP contribution in [0.25, 0.3) is 12.2 Å². The zero-order valence-electron chi connectivity index (χ0n) is 19.2. The van der Waals surface area contributed by atoms with E-state index in [2.05, 4.69) is 0 Å². The van der Waals surface area contributed by atoms with Crippen LogP contribution in [0.1, 0.15) is 24.0 Å². The summed E-state index contributed by atoms with van der Waals surface area (Å²) in [7, 11) is 6.36. The van der Waals surface area contributed by atoms with Gasteiger partial charge in [-0.15, -0.1) is 0 Å². The minimum absolute atomic E-state index is 0.102. The third kappa shape index (κ3) is 8.62. The predicted molar refractivity (Wildman–Crippen MR) is 126 cm³/mol. The summed E-state index contributed by atoms with van der Waals surface area (Å²) in [6.07, 6.45) is 3.89. The lowest BCUT2D eigenvalue weighted by molar-refractivity contribution is -0.137. The zero-order valence-corrected chi connectivity index (χ0v) is 19.2. The SMILES string of the molecule is COc1ccc(/C=C\c2cc(OC)c(OC)c(OC)c2)cc1N.NC(=O)[C@H](N)CCC(=O)O. The van der Waals surface area contributed by atoms with E-state index in [1.54, 1.807) is 28.4 Å². The van der Waals surface area contributed by atoms with E-state index in [1.807, 2.05) is 42.5 Å². The summed E-state index contributed by atoms with van der Waals surface area (Å²) in [5.74, 6) is 0.815. The first-order chi connectivity index (χ1) is 15.7. The highest BCUT2D eigenvalue weighted by Gasteiger charge is 2.12. The molecule has 2 aromatic carbocycles. The molecule has 1 amide bonds. The van der Waals surface area contributed by atoms with Crippen molar-refractivity contribution in [2.75, 3.05) is 34.2 Å². The molecule has 180 valence electrons. The lowest BCUT2D eigenvalue weighted by atomic mass is 10.1. The number of hydrogen-bond acceptors (Lipinski definition) is 8.